The molecule has 0 aliphatic heterocycles. The number of halogens is 1. The second kappa shape index (κ2) is 6.54. The summed E-state index contributed by atoms with van der Waals surface area (Å²) in [5.41, 5.74) is 0.855. The minimum atomic E-state index is -4.34. The molecular formula is C17H13ClN2O5S. The highest BCUT2D eigenvalue weighted by atomic mass is 35.5. The van der Waals surface area contributed by atoms with Gasteiger partial charge in [0, 0.05) is 22.7 Å². The molecule has 0 saturated heterocycles. The topological polar surface area (TPSA) is 99.4 Å². The Morgan fingerprint density at radius 1 is 1.15 bits per heavy atom. The Morgan fingerprint density at radius 2 is 1.88 bits per heavy atom. The summed E-state index contributed by atoms with van der Waals surface area (Å²) in [6, 6.07) is 10.5. The zero-order valence-electron chi connectivity index (χ0n) is 13.8. The van der Waals surface area contributed by atoms with E-state index in [1.54, 1.807) is 31.2 Å². The van der Waals surface area contributed by atoms with Crippen molar-refractivity contribution < 1.29 is 17.5 Å². The molecule has 0 bridgehead atoms. The number of fused-ring (bicyclic) bond motifs is 1. The highest BCUT2D eigenvalue weighted by Crippen LogP contribution is 2.32. The van der Waals surface area contributed by atoms with Crippen LogP contribution in [0.1, 0.15) is 11.3 Å². The molecule has 0 atom stereocenters. The van der Waals surface area contributed by atoms with E-state index >= 15 is 0 Å². The number of hydrogen-bond acceptors (Lipinski definition) is 6. The molecule has 0 N–H and O–H groups in total. The minimum Gasteiger partial charge on any atom is -0.377 e. The Morgan fingerprint density at radius 3 is 2.58 bits per heavy atom. The van der Waals surface area contributed by atoms with Crippen molar-refractivity contribution in [2.45, 2.75) is 18.7 Å². The molecule has 26 heavy (non-hydrogen) atoms. The number of aromatic nitrogens is 1. The van der Waals surface area contributed by atoms with Gasteiger partial charge < -0.3 is 4.18 Å². The number of nitro groups is 1. The number of nitro benzene ring substituents is 1. The maximum Gasteiger partial charge on any atom is 0.339 e. The van der Waals surface area contributed by atoms with Crippen LogP contribution in [0.4, 0.5) is 5.69 Å². The molecule has 2 aromatic carbocycles. The van der Waals surface area contributed by atoms with Gasteiger partial charge in [0.1, 0.15) is 10.4 Å². The van der Waals surface area contributed by atoms with Crippen molar-refractivity contribution in [1.29, 1.82) is 0 Å². The zero-order chi connectivity index (χ0) is 19.1. The molecule has 0 aliphatic rings. The van der Waals surface area contributed by atoms with Gasteiger partial charge >= 0.3 is 10.1 Å². The van der Waals surface area contributed by atoms with Gasteiger partial charge in [-0.25, -0.2) is 4.98 Å². The number of hydrogen-bond donors (Lipinski definition) is 0. The van der Waals surface area contributed by atoms with Crippen molar-refractivity contribution in [2.24, 2.45) is 0 Å². The molecule has 9 heteroatoms. The largest absolute Gasteiger partial charge is 0.377 e. The molecule has 1 heterocycles. The highest BCUT2D eigenvalue weighted by molar-refractivity contribution is 7.87. The van der Waals surface area contributed by atoms with Crippen LogP contribution in [-0.4, -0.2) is 18.3 Å². The van der Waals surface area contributed by atoms with E-state index in [4.69, 9.17) is 15.8 Å². The number of pyridine rings is 1. The lowest BCUT2D eigenvalue weighted by Gasteiger charge is -2.10. The number of rotatable bonds is 4. The van der Waals surface area contributed by atoms with Crippen molar-refractivity contribution in [3.8, 4) is 5.75 Å². The van der Waals surface area contributed by atoms with Crippen LogP contribution in [0, 0.1) is 24.0 Å². The zero-order valence-corrected chi connectivity index (χ0v) is 15.3. The lowest BCUT2D eigenvalue weighted by molar-refractivity contribution is -0.385. The van der Waals surface area contributed by atoms with Crippen LogP contribution in [0.2, 0.25) is 5.02 Å². The SMILES string of the molecule is Cc1ccc2cccc(OS(=O)(=O)c3cc(Cl)c(C)c([N+](=O)[O-])c3)c2n1. The summed E-state index contributed by atoms with van der Waals surface area (Å²) < 4.78 is 30.5. The standard InChI is InChI=1S/C17H13ClN2O5S/c1-10-6-7-12-4-3-5-16(17(12)19-10)25-26(23,24)13-8-14(18)11(2)15(9-13)20(21)22/h3-9H,1-2H3. The molecule has 0 fully saturated rings. The second-order valence-corrected chi connectivity index (χ2v) is 7.58. The first-order valence-electron chi connectivity index (χ1n) is 7.44. The van der Waals surface area contributed by atoms with E-state index in [2.05, 4.69) is 4.98 Å². The van der Waals surface area contributed by atoms with E-state index in [9.17, 15) is 18.5 Å². The molecular weight excluding hydrogens is 380 g/mol. The van der Waals surface area contributed by atoms with E-state index in [-0.39, 0.29) is 16.3 Å². The molecule has 0 saturated carbocycles. The Labute approximate surface area is 154 Å². The van der Waals surface area contributed by atoms with Crippen molar-refractivity contribution in [1.82, 2.24) is 4.98 Å². The summed E-state index contributed by atoms with van der Waals surface area (Å²) in [6.07, 6.45) is 0. The third kappa shape index (κ3) is 3.33. The number of para-hydroxylation sites is 1. The van der Waals surface area contributed by atoms with Gasteiger partial charge in [0.05, 0.1) is 9.95 Å². The number of nitrogens with zero attached hydrogens (tertiary/aromatic N) is 2. The Kier molecular flexibility index (Phi) is 4.55. The molecule has 3 aromatic rings. The maximum atomic E-state index is 12.6. The van der Waals surface area contributed by atoms with Crippen LogP contribution < -0.4 is 4.18 Å². The fourth-order valence-corrected chi connectivity index (χ4v) is 3.69. The molecule has 1 aromatic heterocycles. The average Bonchev–Trinajstić information content (AvgIpc) is 2.57. The molecule has 0 spiro atoms. The van der Waals surface area contributed by atoms with Crippen molar-refractivity contribution in [3.63, 3.8) is 0 Å². The van der Waals surface area contributed by atoms with E-state index in [1.807, 2.05) is 0 Å². The average molecular weight is 393 g/mol. The van der Waals surface area contributed by atoms with Crippen molar-refractivity contribution >= 4 is 38.3 Å². The van der Waals surface area contributed by atoms with Crippen LogP contribution in [0.3, 0.4) is 0 Å². The molecule has 3 rings (SSSR count). The van der Waals surface area contributed by atoms with Gasteiger partial charge in [-0.3, -0.25) is 10.1 Å². The first-order chi connectivity index (χ1) is 12.2. The predicted octanol–water partition coefficient (Wildman–Crippen LogP) is 4.18. The van der Waals surface area contributed by atoms with Gasteiger partial charge in [0.25, 0.3) is 5.69 Å². The van der Waals surface area contributed by atoms with Gasteiger partial charge in [-0.1, -0.05) is 29.8 Å². The quantitative estimate of drug-likeness (QED) is 0.375. The first kappa shape index (κ1) is 18.1. The van der Waals surface area contributed by atoms with Crippen molar-refractivity contribution in [3.05, 3.63) is 68.9 Å². The van der Waals surface area contributed by atoms with E-state index in [1.165, 1.54) is 13.0 Å². The summed E-state index contributed by atoms with van der Waals surface area (Å²) in [6.45, 7) is 3.21. The van der Waals surface area contributed by atoms with Crippen molar-refractivity contribution in [2.75, 3.05) is 0 Å². The molecule has 0 amide bonds. The highest BCUT2D eigenvalue weighted by Gasteiger charge is 2.25. The van der Waals surface area contributed by atoms with Gasteiger partial charge in [0.2, 0.25) is 0 Å². The summed E-state index contributed by atoms with van der Waals surface area (Å²) >= 11 is 5.95. The summed E-state index contributed by atoms with van der Waals surface area (Å²) in [4.78, 5) is 14.3. The lowest BCUT2D eigenvalue weighted by Crippen LogP contribution is -2.11. The lowest BCUT2D eigenvalue weighted by atomic mass is 10.2. The molecule has 0 radical (unpaired) electrons. The van der Waals surface area contributed by atoms with E-state index in [0.29, 0.717) is 16.6 Å². The number of aryl methyl sites for hydroxylation is 1. The Hall–Kier alpha value is -2.71. The van der Waals surface area contributed by atoms with Crippen LogP contribution in [0.25, 0.3) is 10.9 Å². The fourth-order valence-electron chi connectivity index (χ4n) is 2.43. The molecule has 7 nitrogen and oxygen atoms in total. The van der Waals surface area contributed by atoms with Gasteiger partial charge in [0.15, 0.2) is 5.75 Å². The summed E-state index contributed by atoms with van der Waals surface area (Å²) in [7, 11) is -4.34. The van der Waals surface area contributed by atoms with Crippen LogP contribution >= 0.6 is 11.6 Å². The second-order valence-electron chi connectivity index (χ2n) is 5.62. The van der Waals surface area contributed by atoms with Crippen LogP contribution in [0.5, 0.6) is 5.75 Å². The fraction of sp³-hybridized carbons (Fsp3) is 0.118. The van der Waals surface area contributed by atoms with Crippen LogP contribution in [-0.2, 0) is 10.1 Å². The predicted molar refractivity (Wildman–Crippen MR) is 97.1 cm³/mol. The van der Waals surface area contributed by atoms with Crippen LogP contribution in [0.15, 0.2) is 47.4 Å². The van der Waals surface area contributed by atoms with Gasteiger partial charge in [-0.2, -0.15) is 8.42 Å². The van der Waals surface area contributed by atoms with E-state index < -0.39 is 25.6 Å². The Bertz CT molecular complexity index is 1150. The third-order valence-corrected chi connectivity index (χ3v) is 5.40. The summed E-state index contributed by atoms with van der Waals surface area (Å²) in [5, 5.41) is 11.8. The van der Waals surface area contributed by atoms with Gasteiger partial charge in [-0.15, -0.1) is 0 Å². The Balaban J connectivity index is 2.11. The summed E-state index contributed by atoms with van der Waals surface area (Å²) in [5.74, 6) is 0.0329. The maximum absolute atomic E-state index is 12.6. The van der Waals surface area contributed by atoms with Gasteiger partial charge in [-0.05, 0) is 32.0 Å². The monoisotopic (exact) mass is 392 g/mol. The smallest absolute Gasteiger partial charge is 0.339 e. The number of benzene rings is 2. The third-order valence-electron chi connectivity index (χ3n) is 3.80. The molecule has 0 aliphatic carbocycles. The minimum absolute atomic E-state index is 0.0329. The van der Waals surface area contributed by atoms with E-state index in [0.717, 1.165) is 12.1 Å². The first-order valence-corrected chi connectivity index (χ1v) is 9.23. The molecule has 134 valence electrons. The normalized spacial score (nSPS) is 11.5. The molecule has 0 unspecified atom stereocenters.